The second kappa shape index (κ2) is 17.2. The molecule has 2 aliphatic carbocycles. The van der Waals surface area contributed by atoms with Gasteiger partial charge in [-0.05, 0) is 98.7 Å². The predicted molar refractivity (Wildman–Crippen MR) is 193 cm³/mol. The summed E-state index contributed by atoms with van der Waals surface area (Å²) in [5, 5.41) is 0. The van der Waals surface area contributed by atoms with E-state index in [0.717, 1.165) is 17.9 Å². The molecular weight excluding hydrogens is 663 g/mol. The van der Waals surface area contributed by atoms with Gasteiger partial charge in [0.1, 0.15) is 41.4 Å². The first-order valence-corrected chi connectivity index (χ1v) is 19.7. The quantitative estimate of drug-likeness (QED) is 0.0920. The van der Waals surface area contributed by atoms with Crippen molar-refractivity contribution in [3.8, 4) is 11.5 Å². The third-order valence-electron chi connectivity index (χ3n) is 9.65. The molecule has 3 aromatic rings. The molecule has 49 heavy (non-hydrogen) atoms. The number of nitrogens with zero attached hydrogens (tertiary/aromatic N) is 1. The van der Waals surface area contributed by atoms with Gasteiger partial charge in [0.15, 0.2) is 14.7 Å². The fourth-order valence-corrected chi connectivity index (χ4v) is 10.4. The Kier molecular flexibility index (Phi) is 13.6. The van der Waals surface area contributed by atoms with E-state index < -0.39 is 21.3 Å². The summed E-state index contributed by atoms with van der Waals surface area (Å²) in [6, 6.07) is 25.4. The van der Waals surface area contributed by atoms with Crippen molar-refractivity contribution < 1.29 is 36.7 Å². The minimum atomic E-state index is -4.33. The van der Waals surface area contributed by atoms with Crippen molar-refractivity contribution in [2.24, 2.45) is 16.7 Å². The molecule has 0 saturated heterocycles. The highest BCUT2D eigenvalue weighted by molar-refractivity contribution is 7.97. The van der Waals surface area contributed by atoms with Crippen molar-refractivity contribution >= 4 is 32.5 Å². The van der Waals surface area contributed by atoms with Gasteiger partial charge in [0.05, 0.1) is 34.8 Å². The van der Waals surface area contributed by atoms with Crippen molar-refractivity contribution in [2.75, 3.05) is 64.4 Å². The van der Waals surface area contributed by atoms with E-state index in [1.54, 1.807) is 0 Å². The Morgan fingerprint density at radius 1 is 0.816 bits per heavy atom. The number of para-hydroxylation sites is 1. The molecule has 0 aromatic heterocycles. The molecule has 2 unspecified atom stereocenters. The van der Waals surface area contributed by atoms with Crippen LogP contribution in [0.2, 0.25) is 0 Å². The average Bonchev–Trinajstić information content (AvgIpc) is 3.41. The molecule has 9 nitrogen and oxygen atoms in total. The molecule has 3 aromatic carbocycles. The Morgan fingerprint density at radius 2 is 1.33 bits per heavy atom. The third kappa shape index (κ3) is 9.58. The van der Waals surface area contributed by atoms with Gasteiger partial charge in [-0.3, -0.25) is 4.79 Å². The van der Waals surface area contributed by atoms with Crippen molar-refractivity contribution in [1.82, 2.24) is 0 Å². The molecule has 2 aliphatic rings. The maximum Gasteiger partial charge on any atom is 0.189 e. The number of Topliss-reactive ketones (excluding diaryl/α,β-unsaturated/α-hetero) is 1. The molecule has 2 atom stereocenters. The van der Waals surface area contributed by atoms with Crippen LogP contribution < -0.4 is 14.4 Å². The Labute approximate surface area is 295 Å². The minimum absolute atomic E-state index is 0.0248. The Balaban J connectivity index is 0.000000299. The van der Waals surface area contributed by atoms with E-state index in [2.05, 4.69) is 67.5 Å². The summed E-state index contributed by atoms with van der Waals surface area (Å²) < 4.78 is 55.1. The zero-order chi connectivity index (χ0) is 35.7. The topological polar surface area (TPSA) is 114 Å². The molecule has 11 heteroatoms. The van der Waals surface area contributed by atoms with Crippen molar-refractivity contribution in [3.05, 3.63) is 72.8 Å². The van der Waals surface area contributed by atoms with E-state index in [1.165, 1.54) is 20.4 Å². The van der Waals surface area contributed by atoms with E-state index in [0.29, 0.717) is 52.5 Å². The lowest BCUT2D eigenvalue weighted by atomic mass is 9.70. The number of carbonyl (C=O) groups is 1. The van der Waals surface area contributed by atoms with Gasteiger partial charge in [-0.2, -0.15) is 0 Å². The number of ketones is 1. The van der Waals surface area contributed by atoms with Crippen LogP contribution in [-0.2, 0) is 35.3 Å². The van der Waals surface area contributed by atoms with Crippen LogP contribution in [0.5, 0.6) is 11.5 Å². The highest BCUT2D eigenvalue weighted by Gasteiger charge is 2.64. The van der Waals surface area contributed by atoms with Crippen LogP contribution in [0.15, 0.2) is 87.5 Å². The average molecular weight is 714 g/mol. The van der Waals surface area contributed by atoms with Crippen molar-refractivity contribution in [1.29, 1.82) is 0 Å². The van der Waals surface area contributed by atoms with Crippen LogP contribution in [0.25, 0.3) is 0 Å². The van der Waals surface area contributed by atoms with E-state index in [9.17, 15) is 17.8 Å². The Morgan fingerprint density at radius 3 is 1.73 bits per heavy atom. The second-order valence-electron chi connectivity index (χ2n) is 13.1. The van der Waals surface area contributed by atoms with Crippen molar-refractivity contribution in [2.45, 2.75) is 61.6 Å². The number of rotatable bonds is 16. The minimum Gasteiger partial charge on any atom is -0.748 e. The smallest absolute Gasteiger partial charge is 0.189 e. The van der Waals surface area contributed by atoms with Crippen LogP contribution in [0.3, 0.4) is 0 Å². The normalized spacial score (nSPS) is 19.4. The van der Waals surface area contributed by atoms with E-state index in [-0.39, 0.29) is 28.0 Å². The summed E-state index contributed by atoms with van der Waals surface area (Å²) in [5.74, 6) is 1.43. The van der Waals surface area contributed by atoms with E-state index in [1.807, 2.05) is 52.0 Å². The number of carbonyl (C=O) groups excluding carboxylic acids is 1. The molecule has 268 valence electrons. The maximum absolute atomic E-state index is 11.8. The molecule has 0 aliphatic heterocycles. The molecule has 0 radical (unpaired) electrons. The zero-order valence-corrected chi connectivity index (χ0v) is 31.2. The van der Waals surface area contributed by atoms with Gasteiger partial charge in [-0.1, -0.05) is 26.0 Å². The van der Waals surface area contributed by atoms with Gasteiger partial charge in [0, 0.05) is 39.1 Å². The van der Waals surface area contributed by atoms with Gasteiger partial charge < -0.3 is 28.4 Å². The lowest BCUT2D eigenvalue weighted by molar-refractivity contribution is -0.128. The number of benzene rings is 3. The molecular formula is C38H51NO8S2. The molecule has 2 bridgehead atoms. The maximum atomic E-state index is 11.8. The zero-order valence-electron chi connectivity index (χ0n) is 29.6. The van der Waals surface area contributed by atoms with Gasteiger partial charge in [-0.15, -0.1) is 0 Å². The number of hydrogen-bond acceptors (Lipinski definition) is 9. The molecule has 0 N–H and O–H groups in total. The largest absolute Gasteiger partial charge is 0.748 e. The molecule has 0 heterocycles. The number of hydrogen-bond donors (Lipinski definition) is 0. The summed E-state index contributed by atoms with van der Waals surface area (Å²) in [6.07, 6.45) is 1.88. The summed E-state index contributed by atoms with van der Waals surface area (Å²) >= 11 is 0. The first kappa shape index (κ1) is 38.7. The standard InChI is InChI=1S/C28H36NO4S.C10H16O4S/c1-5-30-19-21-32-23-11-15-25(16-12-23)34(28-10-8-7-9-27(28)29(3)4)26-17-13-24(14-18-26)33-22-20-31-6-2;1-9(2)7-3-4-10(9,8(11)5-7)6-15(12,13)14/h7-18H,5-6,19-22H2,1-4H3;7H,3-6H2,1-2H3,(H,12,13,14)/q+1;/p-1. The highest BCUT2D eigenvalue weighted by Crippen LogP contribution is 2.64. The molecule has 0 amide bonds. The number of fused-ring (bicyclic) bond motifs is 2. The van der Waals surface area contributed by atoms with Crippen LogP contribution >= 0.6 is 0 Å². The monoisotopic (exact) mass is 713 g/mol. The number of ether oxygens (including phenoxy) is 4. The first-order chi connectivity index (χ1) is 23.3. The second-order valence-corrected chi connectivity index (χ2v) is 16.5. The van der Waals surface area contributed by atoms with Crippen LogP contribution in [-0.4, -0.2) is 78.2 Å². The van der Waals surface area contributed by atoms with Crippen LogP contribution in [0, 0.1) is 16.7 Å². The van der Waals surface area contributed by atoms with E-state index >= 15 is 0 Å². The fourth-order valence-electron chi connectivity index (χ4n) is 6.87. The molecule has 5 rings (SSSR count). The Bertz CT molecular complexity index is 1550. The van der Waals surface area contributed by atoms with Crippen LogP contribution in [0.1, 0.15) is 47.0 Å². The number of anilines is 1. The van der Waals surface area contributed by atoms with Gasteiger partial charge in [0.2, 0.25) is 0 Å². The molecule has 2 fully saturated rings. The van der Waals surface area contributed by atoms with Gasteiger partial charge in [-0.25, -0.2) is 8.42 Å². The van der Waals surface area contributed by atoms with Crippen molar-refractivity contribution in [3.63, 3.8) is 0 Å². The van der Waals surface area contributed by atoms with E-state index in [4.69, 9.17) is 18.9 Å². The van der Waals surface area contributed by atoms with Gasteiger partial charge >= 0.3 is 0 Å². The van der Waals surface area contributed by atoms with Crippen LogP contribution in [0.4, 0.5) is 5.69 Å². The highest BCUT2D eigenvalue weighted by atomic mass is 32.2. The third-order valence-corrected chi connectivity index (χ3v) is 12.8. The summed E-state index contributed by atoms with van der Waals surface area (Å²) in [6.45, 7) is 11.5. The SMILES string of the molecule is CC1(C)C2CCC1(CS(=O)(=O)[O-])C(=O)C2.CCOCCOc1ccc([S+](c2ccc(OCCOCC)cc2)c2ccccc2N(C)C)cc1. The lowest BCUT2D eigenvalue weighted by Crippen LogP contribution is -2.42. The predicted octanol–water partition coefficient (Wildman–Crippen LogP) is 6.61. The van der Waals surface area contributed by atoms with Gasteiger partial charge in [0.25, 0.3) is 0 Å². The summed E-state index contributed by atoms with van der Waals surface area (Å²) in [5.41, 5.74) is -0.0142. The Hall–Kier alpha value is -3.09. The molecule has 0 spiro atoms. The first-order valence-electron chi connectivity index (χ1n) is 16.9. The summed E-state index contributed by atoms with van der Waals surface area (Å²) in [4.78, 5) is 17.8. The fraction of sp³-hybridized carbons (Fsp3) is 0.500. The lowest BCUT2D eigenvalue weighted by Gasteiger charge is -2.37. The summed E-state index contributed by atoms with van der Waals surface area (Å²) in [7, 11) is -0.433. The molecule has 2 saturated carbocycles.